The van der Waals surface area contributed by atoms with Crippen LogP contribution in [0.25, 0.3) is 0 Å². The molecule has 224 valence electrons. The maximum absolute atomic E-state index is 13.6. The fourth-order valence-corrected chi connectivity index (χ4v) is 6.79. The predicted molar refractivity (Wildman–Crippen MR) is 178 cm³/mol. The molecule has 6 rings (SSSR count). The Morgan fingerprint density at radius 3 is 1.07 bits per heavy atom. The minimum atomic E-state index is -0.635. The first-order valence-corrected chi connectivity index (χ1v) is 15.9. The van der Waals surface area contributed by atoms with Gasteiger partial charge in [0.25, 0.3) is 0 Å². The third kappa shape index (κ3) is 6.58. The average molecular weight is 583 g/mol. The van der Waals surface area contributed by atoms with Crippen LogP contribution in [-0.4, -0.2) is 19.4 Å². The third-order valence-electron chi connectivity index (χ3n) is 9.87. The SMILES string of the molecule is C=C1CC1CCC(COC(=O)OCC(CCC1CC1=C)(c1ccccc1)c1ccccc1)(c1ccccc1)c1ccccc1. The maximum Gasteiger partial charge on any atom is 0.508 e. The van der Waals surface area contributed by atoms with Crippen LogP contribution in [0.5, 0.6) is 0 Å². The molecule has 0 radical (unpaired) electrons. The van der Waals surface area contributed by atoms with Gasteiger partial charge in [-0.05, 0) is 72.6 Å². The topological polar surface area (TPSA) is 35.5 Å². The van der Waals surface area contributed by atoms with E-state index in [1.54, 1.807) is 0 Å². The fourth-order valence-electron chi connectivity index (χ4n) is 6.79. The standard InChI is InChI=1S/C41H42O3/c1-31-27-33(31)23-25-40(35-15-7-3-8-16-35,36-17-9-4-10-18-36)29-43-39(42)44-30-41(26-24-34-28-32(34)2,37-19-11-5-12-20-37)38-21-13-6-14-22-38/h3-22,33-34H,1-2,23-30H2. The van der Waals surface area contributed by atoms with Gasteiger partial charge in [0.05, 0.1) is 10.8 Å². The van der Waals surface area contributed by atoms with Crippen LogP contribution in [0.2, 0.25) is 0 Å². The molecule has 0 aromatic heterocycles. The van der Waals surface area contributed by atoms with E-state index in [2.05, 4.69) is 110 Å². The monoisotopic (exact) mass is 582 g/mol. The van der Waals surface area contributed by atoms with E-state index in [1.165, 1.54) is 11.1 Å². The molecule has 2 fully saturated rings. The lowest BCUT2D eigenvalue weighted by atomic mass is 9.71. The summed E-state index contributed by atoms with van der Waals surface area (Å²) in [6.45, 7) is 8.78. The summed E-state index contributed by atoms with van der Waals surface area (Å²) in [7, 11) is 0. The molecule has 2 aliphatic rings. The number of rotatable bonds is 14. The average Bonchev–Trinajstić information content (AvgIpc) is 4.00. The predicted octanol–water partition coefficient (Wildman–Crippen LogP) is 9.82. The van der Waals surface area contributed by atoms with Crippen molar-refractivity contribution >= 4 is 6.16 Å². The van der Waals surface area contributed by atoms with E-state index in [0.29, 0.717) is 11.8 Å². The van der Waals surface area contributed by atoms with E-state index in [-0.39, 0.29) is 13.2 Å². The van der Waals surface area contributed by atoms with Gasteiger partial charge in [-0.1, -0.05) is 146 Å². The highest BCUT2D eigenvalue weighted by Gasteiger charge is 2.41. The zero-order valence-corrected chi connectivity index (χ0v) is 25.5. The van der Waals surface area contributed by atoms with E-state index in [0.717, 1.165) is 60.8 Å². The summed E-state index contributed by atoms with van der Waals surface area (Å²) in [6.07, 6.45) is 5.22. The molecule has 0 aliphatic heterocycles. The molecule has 0 spiro atoms. The van der Waals surface area contributed by atoms with Crippen LogP contribution in [0, 0.1) is 11.8 Å². The van der Waals surface area contributed by atoms with Crippen molar-refractivity contribution in [3.63, 3.8) is 0 Å². The molecule has 4 aromatic carbocycles. The Morgan fingerprint density at radius 1 is 0.545 bits per heavy atom. The molecular formula is C41H42O3. The van der Waals surface area contributed by atoms with Crippen LogP contribution in [0.1, 0.15) is 60.8 Å². The van der Waals surface area contributed by atoms with Gasteiger partial charge in [0.15, 0.2) is 0 Å². The number of carbonyl (C=O) groups is 1. The van der Waals surface area contributed by atoms with Gasteiger partial charge in [-0.2, -0.15) is 0 Å². The van der Waals surface area contributed by atoms with E-state index in [4.69, 9.17) is 9.47 Å². The van der Waals surface area contributed by atoms with Crippen molar-refractivity contribution in [1.29, 1.82) is 0 Å². The Kier molecular flexibility index (Phi) is 8.84. The molecule has 44 heavy (non-hydrogen) atoms. The summed E-state index contributed by atoms with van der Waals surface area (Å²) in [6, 6.07) is 41.7. The first-order valence-electron chi connectivity index (χ1n) is 15.9. The normalized spacial score (nSPS) is 17.6. The van der Waals surface area contributed by atoms with Gasteiger partial charge < -0.3 is 9.47 Å². The summed E-state index contributed by atoms with van der Waals surface area (Å²) < 4.78 is 12.2. The Bertz CT molecular complexity index is 1360. The Labute approximate surface area is 262 Å². The molecule has 2 saturated carbocycles. The molecule has 3 heteroatoms. The third-order valence-corrected chi connectivity index (χ3v) is 9.87. The van der Waals surface area contributed by atoms with Gasteiger partial charge in [0.1, 0.15) is 13.2 Å². The van der Waals surface area contributed by atoms with Gasteiger partial charge in [-0.3, -0.25) is 0 Å². The summed E-state index contributed by atoms with van der Waals surface area (Å²) in [5.74, 6) is 1.07. The number of hydrogen-bond acceptors (Lipinski definition) is 3. The smallest absolute Gasteiger partial charge is 0.433 e. The van der Waals surface area contributed by atoms with Crippen molar-refractivity contribution < 1.29 is 14.3 Å². The van der Waals surface area contributed by atoms with Crippen molar-refractivity contribution in [2.45, 2.75) is 49.4 Å². The van der Waals surface area contributed by atoms with Gasteiger partial charge in [-0.25, -0.2) is 4.79 Å². The quantitative estimate of drug-likeness (QED) is 0.110. The van der Waals surface area contributed by atoms with Crippen LogP contribution >= 0.6 is 0 Å². The summed E-state index contributed by atoms with van der Waals surface area (Å²) in [5.41, 5.74) is 6.19. The lowest BCUT2D eigenvalue weighted by Crippen LogP contribution is -2.37. The van der Waals surface area contributed by atoms with Gasteiger partial charge in [-0.15, -0.1) is 0 Å². The van der Waals surface area contributed by atoms with Crippen molar-refractivity contribution in [3.05, 3.63) is 168 Å². The molecule has 3 nitrogen and oxygen atoms in total. The highest BCUT2D eigenvalue weighted by Crippen LogP contribution is 2.47. The van der Waals surface area contributed by atoms with Crippen LogP contribution in [-0.2, 0) is 20.3 Å². The molecule has 0 saturated heterocycles. The van der Waals surface area contributed by atoms with Crippen molar-refractivity contribution in [2.24, 2.45) is 11.8 Å². The Hall–Kier alpha value is -4.37. The molecule has 0 bridgehead atoms. The molecule has 2 aliphatic carbocycles. The van der Waals surface area contributed by atoms with Crippen LogP contribution in [0.4, 0.5) is 4.79 Å². The Morgan fingerprint density at radius 2 is 0.818 bits per heavy atom. The molecule has 2 unspecified atom stereocenters. The van der Waals surface area contributed by atoms with Crippen molar-refractivity contribution in [3.8, 4) is 0 Å². The fraction of sp³-hybridized carbons (Fsp3) is 0.293. The highest BCUT2D eigenvalue weighted by atomic mass is 16.7. The number of hydrogen-bond donors (Lipinski definition) is 0. The lowest BCUT2D eigenvalue weighted by Gasteiger charge is -2.36. The summed E-state index contributed by atoms with van der Waals surface area (Å²) >= 11 is 0. The van der Waals surface area contributed by atoms with Gasteiger partial charge in [0.2, 0.25) is 0 Å². The number of ether oxygens (including phenoxy) is 2. The molecular weight excluding hydrogens is 540 g/mol. The molecule has 0 amide bonds. The van der Waals surface area contributed by atoms with Crippen LogP contribution < -0.4 is 0 Å². The molecule has 2 atom stereocenters. The van der Waals surface area contributed by atoms with Crippen molar-refractivity contribution in [2.75, 3.05) is 13.2 Å². The van der Waals surface area contributed by atoms with Crippen LogP contribution in [0.15, 0.2) is 146 Å². The summed E-state index contributed by atoms with van der Waals surface area (Å²) in [4.78, 5) is 13.6. The summed E-state index contributed by atoms with van der Waals surface area (Å²) in [5, 5.41) is 0. The second-order valence-electron chi connectivity index (χ2n) is 12.7. The maximum atomic E-state index is 13.6. The molecule has 0 heterocycles. The molecule has 4 aromatic rings. The number of carbonyl (C=O) groups excluding carboxylic acids is 1. The zero-order valence-electron chi connectivity index (χ0n) is 25.5. The van der Waals surface area contributed by atoms with E-state index in [1.807, 2.05) is 24.3 Å². The lowest BCUT2D eigenvalue weighted by molar-refractivity contribution is 0.0297. The minimum absolute atomic E-state index is 0.199. The highest BCUT2D eigenvalue weighted by molar-refractivity contribution is 5.61. The first-order chi connectivity index (χ1) is 21.5. The first kappa shape index (κ1) is 29.7. The number of benzene rings is 4. The van der Waals surface area contributed by atoms with Crippen molar-refractivity contribution in [1.82, 2.24) is 0 Å². The second-order valence-corrected chi connectivity index (χ2v) is 12.7. The Balaban J connectivity index is 1.26. The van der Waals surface area contributed by atoms with E-state index < -0.39 is 17.0 Å². The van der Waals surface area contributed by atoms with Crippen LogP contribution in [0.3, 0.4) is 0 Å². The van der Waals surface area contributed by atoms with Gasteiger partial charge in [0, 0.05) is 0 Å². The zero-order chi connectivity index (χ0) is 30.4. The largest absolute Gasteiger partial charge is 0.508 e. The van der Waals surface area contributed by atoms with E-state index in [9.17, 15) is 4.79 Å². The molecule has 0 N–H and O–H groups in total. The minimum Gasteiger partial charge on any atom is -0.433 e. The van der Waals surface area contributed by atoms with E-state index >= 15 is 0 Å². The number of allylic oxidation sites excluding steroid dienone is 2. The second kappa shape index (κ2) is 13.1. The van der Waals surface area contributed by atoms with Gasteiger partial charge >= 0.3 is 6.16 Å².